The second kappa shape index (κ2) is 7.39. The van der Waals surface area contributed by atoms with Gasteiger partial charge < -0.3 is 15.4 Å². The molecule has 1 aromatic heterocycles. The Bertz CT molecular complexity index is 861. The van der Waals surface area contributed by atoms with Crippen molar-refractivity contribution in [2.75, 3.05) is 6.54 Å². The second-order valence-corrected chi connectivity index (χ2v) is 6.01. The van der Waals surface area contributed by atoms with Crippen molar-refractivity contribution in [3.8, 4) is 0 Å². The smallest absolute Gasteiger partial charge is 0.434 e. The van der Waals surface area contributed by atoms with E-state index in [9.17, 15) is 22.8 Å². The molecule has 0 aliphatic carbocycles. The Kier molecular flexibility index (Phi) is 5.17. The maximum absolute atomic E-state index is 12.9. The van der Waals surface area contributed by atoms with Gasteiger partial charge in [-0.3, -0.25) is 4.79 Å². The molecule has 2 N–H and O–H groups in total. The van der Waals surface area contributed by atoms with E-state index < -0.39 is 36.1 Å². The predicted molar refractivity (Wildman–Crippen MR) is 86.7 cm³/mol. The fourth-order valence-electron chi connectivity index (χ4n) is 2.42. The number of benzene rings is 1. The van der Waals surface area contributed by atoms with Gasteiger partial charge in [0.25, 0.3) is 5.91 Å². The Morgan fingerprint density at radius 2 is 2.00 bits per heavy atom. The summed E-state index contributed by atoms with van der Waals surface area (Å²) in [7, 11) is 0. The van der Waals surface area contributed by atoms with Crippen LogP contribution in [0.15, 0.2) is 36.5 Å². The highest BCUT2D eigenvalue weighted by molar-refractivity contribution is 6.30. The molecule has 1 aliphatic heterocycles. The normalized spacial score (nSPS) is 17.8. The van der Waals surface area contributed by atoms with Gasteiger partial charge >= 0.3 is 12.3 Å². The topological polar surface area (TPSA) is 93.2 Å². The Morgan fingerprint density at radius 3 is 2.59 bits per heavy atom. The number of nitrogens with zero attached hydrogens (tertiary/aromatic N) is 2. The summed E-state index contributed by atoms with van der Waals surface area (Å²) in [5.74, 6) is -2.01. The van der Waals surface area contributed by atoms with E-state index in [2.05, 4.69) is 20.6 Å². The molecule has 1 saturated heterocycles. The van der Waals surface area contributed by atoms with Crippen LogP contribution in [-0.4, -0.2) is 34.6 Å². The number of ether oxygens (including phenoxy) is 1. The van der Waals surface area contributed by atoms with Gasteiger partial charge in [0.2, 0.25) is 5.82 Å². The van der Waals surface area contributed by atoms with E-state index in [-0.39, 0.29) is 12.2 Å². The van der Waals surface area contributed by atoms with Gasteiger partial charge in [0.1, 0.15) is 0 Å². The highest BCUT2D eigenvalue weighted by Crippen LogP contribution is 2.28. The van der Waals surface area contributed by atoms with Crippen molar-refractivity contribution in [1.82, 2.24) is 20.6 Å². The fourth-order valence-corrected chi connectivity index (χ4v) is 2.55. The predicted octanol–water partition coefficient (Wildman–Crippen LogP) is 2.46. The monoisotopic (exact) mass is 400 g/mol. The van der Waals surface area contributed by atoms with Crippen molar-refractivity contribution in [3.63, 3.8) is 0 Å². The van der Waals surface area contributed by atoms with E-state index in [0.717, 1.165) is 6.20 Å². The fraction of sp³-hybridized carbons (Fsp3) is 0.250. The second-order valence-electron chi connectivity index (χ2n) is 5.57. The molecule has 2 heterocycles. The molecule has 0 saturated carbocycles. The van der Waals surface area contributed by atoms with E-state index in [1.165, 1.54) is 18.2 Å². The van der Waals surface area contributed by atoms with Crippen LogP contribution in [0.25, 0.3) is 0 Å². The average Bonchev–Trinajstić information content (AvgIpc) is 3.06. The van der Waals surface area contributed by atoms with E-state index in [4.69, 9.17) is 16.3 Å². The number of carbonyl (C=O) groups excluding carboxylic acids is 2. The van der Waals surface area contributed by atoms with E-state index in [1.54, 1.807) is 12.1 Å². The summed E-state index contributed by atoms with van der Waals surface area (Å²) in [5.41, 5.74) is 0.363. The molecule has 7 nitrogen and oxygen atoms in total. The zero-order chi connectivity index (χ0) is 19.6. The van der Waals surface area contributed by atoms with E-state index in [0.29, 0.717) is 10.6 Å². The Labute approximate surface area is 155 Å². The minimum absolute atomic E-state index is 0.0461. The van der Waals surface area contributed by atoms with E-state index in [1.807, 2.05) is 0 Å². The number of hydrogen-bond acceptors (Lipinski definition) is 5. The summed E-state index contributed by atoms with van der Waals surface area (Å²) in [6.07, 6.45) is -5.64. The van der Waals surface area contributed by atoms with E-state index >= 15 is 0 Å². The molecule has 2 atom stereocenters. The molecule has 2 amide bonds. The van der Waals surface area contributed by atoms with Crippen LogP contribution in [0.2, 0.25) is 5.02 Å². The highest BCUT2D eigenvalue weighted by Gasteiger charge is 2.36. The third-order valence-corrected chi connectivity index (χ3v) is 3.94. The van der Waals surface area contributed by atoms with Crippen LogP contribution in [-0.2, 0) is 15.7 Å². The first-order valence-electron chi connectivity index (χ1n) is 7.64. The third kappa shape index (κ3) is 4.45. The van der Waals surface area contributed by atoms with Crippen LogP contribution >= 0.6 is 11.6 Å². The summed E-state index contributed by atoms with van der Waals surface area (Å²) < 4.78 is 43.6. The van der Waals surface area contributed by atoms with Gasteiger partial charge in [-0.25, -0.2) is 14.8 Å². The zero-order valence-corrected chi connectivity index (χ0v) is 14.2. The van der Waals surface area contributed by atoms with Crippen molar-refractivity contribution < 1.29 is 27.5 Å². The summed E-state index contributed by atoms with van der Waals surface area (Å²) >= 11 is 5.85. The molecular formula is C16H12ClF3N4O3. The van der Waals surface area contributed by atoms with Crippen LogP contribution < -0.4 is 10.6 Å². The first kappa shape index (κ1) is 18.9. The summed E-state index contributed by atoms with van der Waals surface area (Å²) in [5, 5.41) is 5.29. The van der Waals surface area contributed by atoms with Gasteiger partial charge in [0.05, 0.1) is 18.3 Å². The van der Waals surface area contributed by atoms with Crippen LogP contribution in [0.4, 0.5) is 18.0 Å². The number of alkyl halides is 3. The third-order valence-electron chi connectivity index (χ3n) is 3.69. The summed E-state index contributed by atoms with van der Waals surface area (Å²) in [6, 6.07) is 6.37. The lowest BCUT2D eigenvalue weighted by atomic mass is 10.0. The number of cyclic esters (lactones) is 1. The number of alkyl carbamates (subject to hydrolysis) is 1. The van der Waals surface area contributed by atoms with Gasteiger partial charge in [-0.05, 0) is 23.8 Å². The molecule has 0 spiro atoms. The number of amides is 2. The van der Waals surface area contributed by atoms with Gasteiger partial charge in [-0.1, -0.05) is 23.7 Å². The number of nitrogens with one attached hydrogen (secondary N) is 2. The quantitative estimate of drug-likeness (QED) is 0.822. The van der Waals surface area contributed by atoms with Gasteiger partial charge in [-0.15, -0.1) is 0 Å². The molecule has 11 heteroatoms. The van der Waals surface area contributed by atoms with Crippen molar-refractivity contribution in [3.05, 3.63) is 58.6 Å². The Balaban J connectivity index is 1.94. The molecule has 1 aliphatic rings. The highest BCUT2D eigenvalue weighted by atomic mass is 35.5. The Hall–Kier alpha value is -2.88. The largest absolute Gasteiger partial charge is 0.451 e. The minimum Gasteiger partial charge on any atom is -0.434 e. The molecule has 1 unspecified atom stereocenters. The van der Waals surface area contributed by atoms with Gasteiger partial charge in [0.15, 0.2) is 6.10 Å². The molecule has 0 radical (unpaired) electrons. The lowest BCUT2D eigenvalue weighted by molar-refractivity contribution is -0.145. The maximum Gasteiger partial charge on any atom is 0.451 e. The van der Waals surface area contributed by atoms with Crippen LogP contribution in [0, 0.1) is 0 Å². The average molecular weight is 401 g/mol. The molecular weight excluding hydrogens is 389 g/mol. The number of carbonyl (C=O) groups is 2. The van der Waals surface area contributed by atoms with Crippen LogP contribution in [0.1, 0.15) is 23.1 Å². The van der Waals surface area contributed by atoms with Crippen molar-refractivity contribution >= 4 is 23.6 Å². The lowest BCUT2D eigenvalue weighted by Crippen LogP contribution is -2.39. The van der Waals surface area contributed by atoms with Gasteiger partial charge in [0, 0.05) is 11.2 Å². The molecule has 0 bridgehead atoms. The summed E-state index contributed by atoms with van der Waals surface area (Å²) in [4.78, 5) is 30.2. The maximum atomic E-state index is 12.9. The molecule has 3 rings (SSSR count). The van der Waals surface area contributed by atoms with Crippen molar-refractivity contribution in [2.45, 2.75) is 18.3 Å². The first-order chi connectivity index (χ1) is 12.7. The SMILES string of the molecule is O=C1NCC(C(=O)N[C@@H](c2ccc(Cl)cc2)c2ccnc(C(F)(F)F)n2)O1. The molecule has 2 aromatic rings. The summed E-state index contributed by atoms with van der Waals surface area (Å²) in [6.45, 7) is -0.0461. The number of halogens is 4. The van der Waals surface area contributed by atoms with Crippen LogP contribution in [0.5, 0.6) is 0 Å². The standard InChI is InChI=1S/C16H12ClF3N4O3/c17-9-3-1-8(2-4-9)12(24-13(25)11-7-22-15(26)27-11)10-5-6-21-14(23-10)16(18,19)20/h1-6,11-12H,7H2,(H,22,26)(H,24,25)/t11?,12-/m0/s1. The van der Waals surface area contributed by atoms with Gasteiger partial charge in [-0.2, -0.15) is 13.2 Å². The molecule has 1 fully saturated rings. The lowest BCUT2D eigenvalue weighted by Gasteiger charge is -2.21. The minimum atomic E-state index is -4.74. The number of rotatable bonds is 4. The molecule has 27 heavy (non-hydrogen) atoms. The number of hydrogen-bond donors (Lipinski definition) is 2. The van der Waals surface area contributed by atoms with Crippen molar-refractivity contribution in [2.24, 2.45) is 0 Å². The first-order valence-corrected chi connectivity index (χ1v) is 8.02. The zero-order valence-electron chi connectivity index (χ0n) is 13.5. The molecule has 142 valence electrons. The van der Waals surface area contributed by atoms with Crippen molar-refractivity contribution in [1.29, 1.82) is 0 Å². The van der Waals surface area contributed by atoms with Crippen LogP contribution in [0.3, 0.4) is 0 Å². The Morgan fingerprint density at radius 1 is 1.30 bits per heavy atom. The number of aromatic nitrogens is 2. The molecule has 1 aromatic carbocycles.